The van der Waals surface area contributed by atoms with Crippen LogP contribution >= 0.6 is 0 Å². The molecule has 2 aromatic rings. The van der Waals surface area contributed by atoms with E-state index in [-0.39, 0.29) is 11.4 Å². The lowest BCUT2D eigenvalue weighted by Crippen LogP contribution is -2.04. The summed E-state index contributed by atoms with van der Waals surface area (Å²) < 4.78 is 10.2. The number of Topliss-reactive ketones (excluding diaryl/α,β-unsaturated/α-hetero) is 1. The van der Waals surface area contributed by atoms with Gasteiger partial charge in [0.1, 0.15) is 23.1 Å². The fourth-order valence-electron chi connectivity index (χ4n) is 1.99. The van der Waals surface area contributed by atoms with Crippen molar-refractivity contribution in [3.05, 3.63) is 65.2 Å². The number of nitrogens with zero attached hydrogens (tertiary/aromatic N) is 1. The number of carbonyl (C=O) groups is 1. The first-order valence-corrected chi connectivity index (χ1v) is 6.63. The summed E-state index contributed by atoms with van der Waals surface area (Å²) in [7, 11) is 3.07. The van der Waals surface area contributed by atoms with E-state index in [1.807, 2.05) is 6.07 Å². The molecule has 0 fully saturated rings. The lowest BCUT2D eigenvalue weighted by molar-refractivity contribution is 0.103. The first kappa shape index (κ1) is 15.3. The number of ketones is 1. The van der Waals surface area contributed by atoms with E-state index in [0.29, 0.717) is 17.1 Å². The number of nitriles is 1. The molecule has 0 aliphatic heterocycles. The number of hydrogen-bond acceptors (Lipinski definition) is 4. The van der Waals surface area contributed by atoms with Gasteiger partial charge in [-0.3, -0.25) is 4.79 Å². The number of carbonyl (C=O) groups excluding carboxylic acids is 1. The van der Waals surface area contributed by atoms with E-state index in [2.05, 4.69) is 0 Å². The van der Waals surface area contributed by atoms with Gasteiger partial charge < -0.3 is 9.47 Å². The summed E-state index contributed by atoms with van der Waals surface area (Å²) in [6.07, 6.45) is 1.55. The molecule has 0 bridgehead atoms. The summed E-state index contributed by atoms with van der Waals surface area (Å²) in [6.45, 7) is 0. The van der Waals surface area contributed by atoms with Crippen LogP contribution in [0.5, 0.6) is 11.5 Å². The van der Waals surface area contributed by atoms with Gasteiger partial charge in [-0.2, -0.15) is 5.26 Å². The van der Waals surface area contributed by atoms with Crippen LogP contribution in [0.4, 0.5) is 0 Å². The Bertz CT molecular complexity index is 740. The maximum atomic E-state index is 12.5. The molecule has 0 amide bonds. The maximum absolute atomic E-state index is 12.5. The third-order valence-corrected chi connectivity index (χ3v) is 3.14. The molecule has 2 aromatic carbocycles. The molecule has 0 saturated heterocycles. The minimum Gasteiger partial charge on any atom is -0.497 e. The summed E-state index contributed by atoms with van der Waals surface area (Å²) in [5.41, 5.74) is 1.17. The third-order valence-electron chi connectivity index (χ3n) is 3.14. The second-order valence-electron chi connectivity index (χ2n) is 4.47. The molecule has 0 aliphatic carbocycles. The maximum Gasteiger partial charge on any atom is 0.207 e. The largest absolute Gasteiger partial charge is 0.497 e. The average Bonchev–Trinajstić information content (AvgIpc) is 2.59. The van der Waals surface area contributed by atoms with Crippen LogP contribution in [0.3, 0.4) is 0 Å². The molecule has 4 nitrogen and oxygen atoms in total. The zero-order valence-electron chi connectivity index (χ0n) is 12.4. The van der Waals surface area contributed by atoms with Crippen LogP contribution in [0, 0.1) is 11.3 Å². The van der Waals surface area contributed by atoms with E-state index in [9.17, 15) is 10.1 Å². The van der Waals surface area contributed by atoms with Crippen LogP contribution in [0.1, 0.15) is 15.9 Å². The minimum atomic E-state index is -0.365. The normalized spacial score (nSPS) is 10.7. The van der Waals surface area contributed by atoms with Crippen molar-refractivity contribution < 1.29 is 14.3 Å². The van der Waals surface area contributed by atoms with Gasteiger partial charge in [-0.25, -0.2) is 0 Å². The molecule has 4 heteroatoms. The van der Waals surface area contributed by atoms with Crippen molar-refractivity contribution in [1.82, 2.24) is 0 Å². The van der Waals surface area contributed by atoms with Crippen molar-refractivity contribution in [3.63, 3.8) is 0 Å². The number of para-hydroxylation sites is 1. The lowest BCUT2D eigenvalue weighted by Gasteiger charge is -2.06. The van der Waals surface area contributed by atoms with E-state index in [1.165, 1.54) is 7.11 Å². The summed E-state index contributed by atoms with van der Waals surface area (Å²) in [6, 6.07) is 15.9. The Morgan fingerprint density at radius 1 is 1.05 bits per heavy atom. The SMILES string of the molecule is COc1ccc(/C=C(\C#N)C(=O)c2ccccc2OC)cc1. The average molecular weight is 293 g/mol. The van der Waals surface area contributed by atoms with Crippen LogP contribution in [-0.2, 0) is 0 Å². The summed E-state index contributed by atoms with van der Waals surface area (Å²) >= 11 is 0. The van der Waals surface area contributed by atoms with Crippen molar-refractivity contribution in [2.45, 2.75) is 0 Å². The zero-order chi connectivity index (χ0) is 15.9. The van der Waals surface area contributed by atoms with Crippen LogP contribution in [0.15, 0.2) is 54.1 Å². The number of allylic oxidation sites excluding steroid dienone is 1. The van der Waals surface area contributed by atoms with E-state index < -0.39 is 0 Å². The molecule has 0 heterocycles. The minimum absolute atomic E-state index is 0.0506. The van der Waals surface area contributed by atoms with E-state index in [4.69, 9.17) is 9.47 Å². The van der Waals surface area contributed by atoms with Crippen LogP contribution in [0.25, 0.3) is 6.08 Å². The zero-order valence-corrected chi connectivity index (χ0v) is 12.4. The highest BCUT2D eigenvalue weighted by molar-refractivity contribution is 6.15. The molecule has 0 unspecified atom stereocenters. The second kappa shape index (κ2) is 7.09. The lowest BCUT2D eigenvalue weighted by atomic mass is 10.0. The highest BCUT2D eigenvalue weighted by Gasteiger charge is 2.16. The summed E-state index contributed by atoms with van der Waals surface area (Å²) in [5, 5.41) is 9.28. The molecule has 0 saturated carbocycles. The Morgan fingerprint density at radius 3 is 2.32 bits per heavy atom. The highest BCUT2D eigenvalue weighted by Crippen LogP contribution is 2.22. The Hall–Kier alpha value is -3.06. The van der Waals surface area contributed by atoms with Gasteiger partial charge in [-0.1, -0.05) is 24.3 Å². The third kappa shape index (κ3) is 3.33. The number of ether oxygens (including phenoxy) is 2. The molecule has 0 spiro atoms. The number of benzene rings is 2. The fourth-order valence-corrected chi connectivity index (χ4v) is 1.99. The van der Waals surface area contributed by atoms with Gasteiger partial charge in [0, 0.05) is 0 Å². The Balaban J connectivity index is 2.36. The Labute approximate surface area is 129 Å². The van der Waals surface area contributed by atoms with Crippen molar-refractivity contribution in [2.75, 3.05) is 14.2 Å². The quantitative estimate of drug-likeness (QED) is 0.481. The fraction of sp³-hybridized carbons (Fsp3) is 0.111. The van der Waals surface area contributed by atoms with Gasteiger partial charge in [0.2, 0.25) is 5.78 Å². The van der Waals surface area contributed by atoms with Crippen LogP contribution in [0.2, 0.25) is 0 Å². The van der Waals surface area contributed by atoms with Gasteiger partial charge >= 0.3 is 0 Å². The standard InChI is InChI=1S/C18H15NO3/c1-21-15-9-7-13(8-10-15)11-14(12-19)18(20)16-5-3-4-6-17(16)22-2/h3-11H,1-2H3/b14-11+. The monoisotopic (exact) mass is 293 g/mol. The smallest absolute Gasteiger partial charge is 0.207 e. The molecule has 0 aromatic heterocycles. The van der Waals surface area contributed by atoms with Crippen LogP contribution in [-0.4, -0.2) is 20.0 Å². The summed E-state index contributed by atoms with van der Waals surface area (Å²) in [4.78, 5) is 12.5. The number of hydrogen-bond donors (Lipinski definition) is 0. The molecule has 110 valence electrons. The summed E-state index contributed by atoms with van der Waals surface area (Å²) in [5.74, 6) is 0.797. The van der Waals surface area contributed by atoms with E-state index >= 15 is 0 Å². The molecule has 0 radical (unpaired) electrons. The van der Waals surface area contributed by atoms with Crippen molar-refractivity contribution in [3.8, 4) is 17.6 Å². The first-order chi connectivity index (χ1) is 10.7. The molecule has 0 N–H and O–H groups in total. The molecule has 22 heavy (non-hydrogen) atoms. The molecular weight excluding hydrogens is 278 g/mol. The van der Waals surface area contributed by atoms with Gasteiger partial charge in [-0.15, -0.1) is 0 Å². The van der Waals surface area contributed by atoms with Gasteiger partial charge in [0.05, 0.1) is 19.8 Å². The predicted molar refractivity (Wildman–Crippen MR) is 83.9 cm³/mol. The molecule has 0 atom stereocenters. The Kier molecular flexibility index (Phi) is 4.94. The van der Waals surface area contributed by atoms with Crippen molar-refractivity contribution in [2.24, 2.45) is 0 Å². The number of rotatable bonds is 5. The number of methoxy groups -OCH3 is 2. The van der Waals surface area contributed by atoms with E-state index in [1.54, 1.807) is 61.7 Å². The van der Waals surface area contributed by atoms with Gasteiger partial charge in [0.25, 0.3) is 0 Å². The van der Waals surface area contributed by atoms with E-state index in [0.717, 1.165) is 5.56 Å². The van der Waals surface area contributed by atoms with Crippen molar-refractivity contribution in [1.29, 1.82) is 5.26 Å². The molecule has 2 rings (SSSR count). The highest BCUT2D eigenvalue weighted by atomic mass is 16.5. The van der Waals surface area contributed by atoms with Gasteiger partial charge in [-0.05, 0) is 35.9 Å². The van der Waals surface area contributed by atoms with Gasteiger partial charge in [0.15, 0.2) is 0 Å². The Morgan fingerprint density at radius 2 is 1.73 bits per heavy atom. The van der Waals surface area contributed by atoms with Crippen molar-refractivity contribution >= 4 is 11.9 Å². The topological polar surface area (TPSA) is 59.3 Å². The second-order valence-corrected chi connectivity index (χ2v) is 4.47. The predicted octanol–water partition coefficient (Wildman–Crippen LogP) is 3.49. The molecular formula is C18H15NO3. The van der Waals surface area contributed by atoms with Crippen LogP contribution < -0.4 is 9.47 Å². The molecule has 0 aliphatic rings. The first-order valence-electron chi connectivity index (χ1n) is 6.63.